The monoisotopic (exact) mass is 226 g/mol. The van der Waals surface area contributed by atoms with Crippen LogP contribution in [0.1, 0.15) is 45.4 Å². The molecule has 0 N–H and O–H groups in total. The van der Waals surface area contributed by atoms with E-state index < -0.39 is 0 Å². The maximum absolute atomic E-state index is 12.2. The average molecular weight is 226 g/mol. The predicted molar refractivity (Wildman–Crippen MR) is 61.1 cm³/mol. The average Bonchev–Trinajstić information content (AvgIpc) is 2.73. The van der Waals surface area contributed by atoms with Crippen molar-refractivity contribution < 1.29 is 14.3 Å². The molecule has 0 heterocycles. The van der Waals surface area contributed by atoms with Crippen LogP contribution in [0.3, 0.4) is 0 Å². The van der Waals surface area contributed by atoms with Crippen molar-refractivity contribution in [3.8, 4) is 0 Å². The molecule has 0 aliphatic heterocycles. The fourth-order valence-electron chi connectivity index (χ4n) is 3.68. The number of methoxy groups -OCH3 is 1. The lowest BCUT2D eigenvalue weighted by atomic mass is 9.67. The molecule has 3 unspecified atom stereocenters. The summed E-state index contributed by atoms with van der Waals surface area (Å²) in [7, 11) is 1.77. The normalized spacial score (nSPS) is 38.1. The maximum atomic E-state index is 12.2. The quantitative estimate of drug-likeness (QED) is 0.694. The van der Waals surface area contributed by atoms with Gasteiger partial charge < -0.3 is 9.47 Å². The van der Waals surface area contributed by atoms with Gasteiger partial charge in [-0.1, -0.05) is 6.42 Å². The molecule has 2 fully saturated rings. The van der Waals surface area contributed by atoms with Gasteiger partial charge in [-0.25, -0.2) is 0 Å². The van der Waals surface area contributed by atoms with Crippen molar-refractivity contribution in [2.24, 2.45) is 11.3 Å². The van der Waals surface area contributed by atoms with Crippen LogP contribution >= 0.6 is 0 Å². The van der Waals surface area contributed by atoms with E-state index in [0.717, 1.165) is 38.5 Å². The van der Waals surface area contributed by atoms with Gasteiger partial charge in [0.1, 0.15) is 0 Å². The van der Waals surface area contributed by atoms with Gasteiger partial charge >= 0.3 is 5.97 Å². The zero-order valence-corrected chi connectivity index (χ0v) is 10.3. The molecule has 0 aromatic heterocycles. The first-order valence-corrected chi connectivity index (χ1v) is 6.44. The second-order valence-electron chi connectivity index (χ2n) is 5.04. The first-order valence-electron chi connectivity index (χ1n) is 6.44. The standard InChI is InChI=1S/C13H22O3/c1-3-16-12(14)13-8-4-6-10(13)11(15-2)7-5-9-13/h10-11H,3-9H2,1-2H3. The third-order valence-electron chi connectivity index (χ3n) is 4.39. The lowest BCUT2D eigenvalue weighted by Crippen LogP contribution is -2.45. The Morgan fingerprint density at radius 3 is 2.62 bits per heavy atom. The van der Waals surface area contributed by atoms with E-state index in [-0.39, 0.29) is 17.5 Å². The van der Waals surface area contributed by atoms with E-state index in [0.29, 0.717) is 12.5 Å². The van der Waals surface area contributed by atoms with Crippen LogP contribution in [0.25, 0.3) is 0 Å². The first kappa shape index (κ1) is 11.9. The van der Waals surface area contributed by atoms with Gasteiger partial charge in [0, 0.05) is 13.0 Å². The number of hydrogen-bond donors (Lipinski definition) is 0. The molecule has 2 aliphatic rings. The van der Waals surface area contributed by atoms with Crippen molar-refractivity contribution in [2.75, 3.05) is 13.7 Å². The highest BCUT2D eigenvalue weighted by Crippen LogP contribution is 2.53. The number of esters is 1. The summed E-state index contributed by atoms with van der Waals surface area (Å²) in [6, 6.07) is 0. The molecule has 0 saturated heterocycles. The molecule has 2 aliphatic carbocycles. The Kier molecular flexibility index (Phi) is 3.53. The van der Waals surface area contributed by atoms with Crippen molar-refractivity contribution in [3.63, 3.8) is 0 Å². The van der Waals surface area contributed by atoms with Crippen molar-refractivity contribution in [1.82, 2.24) is 0 Å². The first-order chi connectivity index (χ1) is 7.74. The van der Waals surface area contributed by atoms with Gasteiger partial charge in [0.25, 0.3) is 0 Å². The molecule has 3 heteroatoms. The molecule has 92 valence electrons. The molecule has 2 saturated carbocycles. The van der Waals surface area contributed by atoms with Crippen LogP contribution in [-0.4, -0.2) is 25.8 Å². The zero-order valence-electron chi connectivity index (χ0n) is 10.3. The summed E-state index contributed by atoms with van der Waals surface area (Å²) < 4.78 is 10.8. The summed E-state index contributed by atoms with van der Waals surface area (Å²) in [6.45, 7) is 2.38. The molecule has 16 heavy (non-hydrogen) atoms. The maximum Gasteiger partial charge on any atom is 0.312 e. The highest BCUT2D eigenvalue weighted by atomic mass is 16.5. The van der Waals surface area contributed by atoms with Gasteiger partial charge in [-0.15, -0.1) is 0 Å². The van der Waals surface area contributed by atoms with Crippen LogP contribution in [-0.2, 0) is 14.3 Å². The minimum atomic E-state index is -0.213. The third kappa shape index (κ3) is 1.75. The number of carbonyl (C=O) groups is 1. The van der Waals surface area contributed by atoms with Gasteiger partial charge in [0.05, 0.1) is 18.1 Å². The molecule has 0 aromatic rings. The van der Waals surface area contributed by atoms with Gasteiger partial charge in [0.2, 0.25) is 0 Å². The molecule has 0 amide bonds. The van der Waals surface area contributed by atoms with Crippen molar-refractivity contribution in [3.05, 3.63) is 0 Å². The minimum absolute atomic E-state index is 0.0271. The number of carbonyl (C=O) groups excluding carboxylic acids is 1. The van der Waals surface area contributed by atoms with E-state index in [4.69, 9.17) is 9.47 Å². The number of ether oxygens (including phenoxy) is 2. The second-order valence-corrected chi connectivity index (χ2v) is 5.04. The van der Waals surface area contributed by atoms with Crippen molar-refractivity contribution >= 4 is 5.97 Å². The zero-order chi connectivity index (χ0) is 11.6. The molecule has 2 rings (SSSR count). The van der Waals surface area contributed by atoms with E-state index in [2.05, 4.69) is 0 Å². The van der Waals surface area contributed by atoms with E-state index in [1.54, 1.807) is 7.11 Å². The van der Waals surface area contributed by atoms with Gasteiger partial charge in [0.15, 0.2) is 0 Å². The number of fused-ring (bicyclic) bond motifs is 1. The summed E-state index contributed by atoms with van der Waals surface area (Å²) in [6.07, 6.45) is 6.71. The van der Waals surface area contributed by atoms with E-state index >= 15 is 0 Å². The molecule has 0 aromatic carbocycles. The summed E-state index contributed by atoms with van der Waals surface area (Å²) in [5.41, 5.74) is -0.213. The minimum Gasteiger partial charge on any atom is -0.466 e. The lowest BCUT2D eigenvalue weighted by molar-refractivity contribution is -0.165. The van der Waals surface area contributed by atoms with Crippen LogP contribution in [0.15, 0.2) is 0 Å². The van der Waals surface area contributed by atoms with Gasteiger partial charge in [-0.05, 0) is 39.0 Å². The molecular formula is C13H22O3. The van der Waals surface area contributed by atoms with Crippen LogP contribution in [0.5, 0.6) is 0 Å². The lowest BCUT2D eigenvalue weighted by Gasteiger charge is -2.41. The van der Waals surface area contributed by atoms with E-state index in [9.17, 15) is 4.79 Å². The van der Waals surface area contributed by atoms with Crippen LogP contribution < -0.4 is 0 Å². The Balaban J connectivity index is 2.19. The Hall–Kier alpha value is -0.570. The summed E-state index contributed by atoms with van der Waals surface area (Å²) in [4.78, 5) is 12.2. The van der Waals surface area contributed by atoms with E-state index in [1.807, 2.05) is 6.92 Å². The topological polar surface area (TPSA) is 35.5 Å². The Bertz CT molecular complexity index is 264. The molecule has 0 radical (unpaired) electrons. The summed E-state index contributed by atoms with van der Waals surface area (Å²) in [5, 5.41) is 0. The van der Waals surface area contributed by atoms with Crippen molar-refractivity contribution in [1.29, 1.82) is 0 Å². The summed E-state index contributed by atoms with van der Waals surface area (Å²) >= 11 is 0. The molecule has 3 atom stereocenters. The number of rotatable bonds is 3. The smallest absolute Gasteiger partial charge is 0.312 e. The van der Waals surface area contributed by atoms with Crippen LogP contribution in [0.4, 0.5) is 0 Å². The van der Waals surface area contributed by atoms with Crippen molar-refractivity contribution in [2.45, 2.75) is 51.6 Å². The number of hydrogen-bond acceptors (Lipinski definition) is 3. The predicted octanol–water partition coefficient (Wildman–Crippen LogP) is 2.53. The van der Waals surface area contributed by atoms with Gasteiger partial charge in [-0.2, -0.15) is 0 Å². The molecule has 3 nitrogen and oxygen atoms in total. The Labute approximate surface area is 97.5 Å². The summed E-state index contributed by atoms with van der Waals surface area (Å²) in [5.74, 6) is 0.421. The van der Waals surface area contributed by atoms with Crippen LogP contribution in [0, 0.1) is 11.3 Å². The third-order valence-corrected chi connectivity index (χ3v) is 4.39. The Morgan fingerprint density at radius 2 is 2.00 bits per heavy atom. The van der Waals surface area contributed by atoms with Gasteiger partial charge in [-0.3, -0.25) is 4.79 Å². The molecule has 0 bridgehead atoms. The second kappa shape index (κ2) is 4.74. The largest absolute Gasteiger partial charge is 0.466 e. The SMILES string of the molecule is CCOC(=O)C12CCCC(OC)C1CCC2. The highest BCUT2D eigenvalue weighted by Gasteiger charge is 2.54. The fraction of sp³-hybridized carbons (Fsp3) is 0.923. The van der Waals surface area contributed by atoms with E-state index in [1.165, 1.54) is 0 Å². The highest BCUT2D eigenvalue weighted by molar-refractivity contribution is 5.78. The fourth-order valence-corrected chi connectivity index (χ4v) is 3.68. The molecular weight excluding hydrogens is 204 g/mol. The molecule has 0 spiro atoms. The van der Waals surface area contributed by atoms with Crippen LogP contribution in [0.2, 0.25) is 0 Å². The Morgan fingerprint density at radius 1 is 1.31 bits per heavy atom.